The SMILES string of the molecule is Cc1nnn(-c2ccc(C(F)F)cc2)c1COc1ccc(-n2cc(C#N)cn2)nn1. The third kappa shape index (κ3) is 3.83. The van der Waals surface area contributed by atoms with Crippen LogP contribution >= 0.6 is 0 Å². The van der Waals surface area contributed by atoms with E-state index < -0.39 is 6.43 Å². The third-order valence-corrected chi connectivity index (χ3v) is 4.28. The Balaban J connectivity index is 1.49. The molecule has 4 aromatic rings. The molecule has 11 heteroatoms. The minimum absolute atomic E-state index is 0.0668. The van der Waals surface area contributed by atoms with Crippen LogP contribution in [0, 0.1) is 18.3 Å². The van der Waals surface area contributed by atoms with Gasteiger partial charge in [-0.1, -0.05) is 17.3 Å². The Morgan fingerprint density at radius 2 is 1.90 bits per heavy atom. The molecule has 0 amide bonds. The van der Waals surface area contributed by atoms with Crippen molar-refractivity contribution in [3.63, 3.8) is 0 Å². The molecule has 0 fully saturated rings. The molecule has 3 aromatic heterocycles. The van der Waals surface area contributed by atoms with Gasteiger partial charge >= 0.3 is 0 Å². The number of halogens is 2. The fourth-order valence-corrected chi connectivity index (χ4v) is 2.67. The number of benzene rings is 1. The average molecular weight is 408 g/mol. The Hall–Kier alpha value is -4.20. The maximum Gasteiger partial charge on any atom is 0.263 e. The number of ether oxygens (including phenoxy) is 1. The first kappa shape index (κ1) is 19.1. The normalized spacial score (nSPS) is 10.9. The van der Waals surface area contributed by atoms with Gasteiger partial charge in [-0.2, -0.15) is 10.4 Å². The van der Waals surface area contributed by atoms with Crippen LogP contribution in [0.2, 0.25) is 0 Å². The van der Waals surface area contributed by atoms with E-state index in [4.69, 9.17) is 10.00 Å². The quantitative estimate of drug-likeness (QED) is 0.483. The zero-order valence-electron chi connectivity index (χ0n) is 15.6. The molecule has 150 valence electrons. The van der Waals surface area contributed by atoms with Crippen molar-refractivity contribution in [1.29, 1.82) is 5.26 Å². The molecule has 0 unspecified atom stereocenters. The Bertz CT molecular complexity index is 1190. The van der Waals surface area contributed by atoms with E-state index in [0.29, 0.717) is 28.5 Å². The number of aromatic nitrogens is 7. The van der Waals surface area contributed by atoms with Gasteiger partial charge in [-0.3, -0.25) is 0 Å². The first-order chi connectivity index (χ1) is 14.5. The molecule has 0 aliphatic heterocycles. The van der Waals surface area contributed by atoms with Crippen molar-refractivity contribution in [3.05, 3.63) is 71.3 Å². The molecule has 1 aromatic carbocycles. The summed E-state index contributed by atoms with van der Waals surface area (Å²) in [5, 5.41) is 29.0. The highest BCUT2D eigenvalue weighted by atomic mass is 19.3. The van der Waals surface area contributed by atoms with Crippen LogP contribution in [0.15, 0.2) is 48.8 Å². The number of alkyl halides is 2. The minimum Gasteiger partial charge on any atom is -0.470 e. The van der Waals surface area contributed by atoms with Gasteiger partial charge < -0.3 is 4.74 Å². The zero-order valence-corrected chi connectivity index (χ0v) is 15.6. The van der Waals surface area contributed by atoms with E-state index in [1.807, 2.05) is 6.07 Å². The van der Waals surface area contributed by atoms with Crippen molar-refractivity contribution >= 4 is 0 Å². The van der Waals surface area contributed by atoms with Gasteiger partial charge in [0.15, 0.2) is 5.82 Å². The van der Waals surface area contributed by atoms with Crippen molar-refractivity contribution < 1.29 is 13.5 Å². The Labute approximate surface area is 169 Å². The van der Waals surface area contributed by atoms with Crippen LogP contribution in [0.1, 0.15) is 28.9 Å². The summed E-state index contributed by atoms with van der Waals surface area (Å²) in [6, 6.07) is 11.1. The minimum atomic E-state index is -2.53. The average Bonchev–Trinajstić information content (AvgIpc) is 3.39. The lowest BCUT2D eigenvalue weighted by Gasteiger charge is -2.09. The molecular formula is C19H14F2N8O. The zero-order chi connectivity index (χ0) is 21.1. The van der Waals surface area contributed by atoms with E-state index in [2.05, 4.69) is 25.6 Å². The fourth-order valence-electron chi connectivity index (χ4n) is 2.67. The highest BCUT2D eigenvalue weighted by molar-refractivity contribution is 5.36. The topological polar surface area (TPSA) is 107 Å². The van der Waals surface area contributed by atoms with E-state index in [-0.39, 0.29) is 18.1 Å². The lowest BCUT2D eigenvalue weighted by molar-refractivity contribution is 0.151. The van der Waals surface area contributed by atoms with Crippen molar-refractivity contribution in [1.82, 2.24) is 35.0 Å². The van der Waals surface area contributed by atoms with Gasteiger partial charge in [0.05, 0.1) is 29.3 Å². The maximum atomic E-state index is 12.8. The molecule has 9 nitrogen and oxygen atoms in total. The summed E-state index contributed by atoms with van der Waals surface area (Å²) in [6.45, 7) is 1.87. The van der Waals surface area contributed by atoms with E-state index >= 15 is 0 Å². The second-order valence-electron chi connectivity index (χ2n) is 6.23. The Morgan fingerprint density at radius 1 is 1.10 bits per heavy atom. The predicted molar refractivity (Wildman–Crippen MR) is 99.3 cm³/mol. The maximum absolute atomic E-state index is 12.8. The van der Waals surface area contributed by atoms with Crippen LogP contribution in [-0.2, 0) is 6.61 Å². The van der Waals surface area contributed by atoms with E-state index in [0.717, 1.165) is 0 Å². The number of aryl methyl sites for hydroxylation is 1. The smallest absolute Gasteiger partial charge is 0.263 e. The highest BCUT2D eigenvalue weighted by Gasteiger charge is 2.14. The van der Waals surface area contributed by atoms with Gasteiger partial charge in [0.25, 0.3) is 6.43 Å². The molecule has 0 spiro atoms. The van der Waals surface area contributed by atoms with Gasteiger partial charge in [0.2, 0.25) is 5.88 Å². The lowest BCUT2D eigenvalue weighted by atomic mass is 10.2. The summed E-state index contributed by atoms with van der Waals surface area (Å²) in [5.74, 6) is 0.706. The van der Waals surface area contributed by atoms with Gasteiger partial charge in [0, 0.05) is 11.6 Å². The molecule has 0 saturated heterocycles. The van der Waals surface area contributed by atoms with Gasteiger partial charge in [-0.05, 0) is 25.1 Å². The van der Waals surface area contributed by atoms with Crippen molar-refractivity contribution in [2.75, 3.05) is 0 Å². The number of hydrogen-bond donors (Lipinski definition) is 0. The van der Waals surface area contributed by atoms with Crippen LogP contribution in [-0.4, -0.2) is 35.0 Å². The standard InChI is InChI=1S/C19H14F2N8O/c1-12-16(29(27-24-12)15-4-2-14(3-5-15)19(20)21)11-30-18-7-6-17(25-26-18)28-10-13(8-22)9-23-28/h2-7,9-10,19H,11H2,1H3. The second kappa shape index (κ2) is 8.04. The summed E-state index contributed by atoms with van der Waals surface area (Å²) in [6.07, 6.45) is 0.433. The van der Waals surface area contributed by atoms with Gasteiger partial charge in [0.1, 0.15) is 18.4 Å². The van der Waals surface area contributed by atoms with Crippen LogP contribution in [0.25, 0.3) is 11.5 Å². The van der Waals surface area contributed by atoms with E-state index in [9.17, 15) is 8.78 Å². The van der Waals surface area contributed by atoms with Gasteiger partial charge in [-0.25, -0.2) is 18.1 Å². The van der Waals surface area contributed by atoms with Crippen LogP contribution in [0.4, 0.5) is 8.78 Å². The van der Waals surface area contributed by atoms with Gasteiger partial charge in [-0.15, -0.1) is 15.3 Å². The molecule has 3 heterocycles. The molecule has 0 aliphatic carbocycles. The molecule has 30 heavy (non-hydrogen) atoms. The molecule has 0 aliphatic rings. The molecule has 4 rings (SSSR count). The molecule has 0 atom stereocenters. The molecule has 0 N–H and O–H groups in total. The largest absolute Gasteiger partial charge is 0.470 e. The van der Waals surface area contributed by atoms with Crippen molar-refractivity contribution in [3.8, 4) is 23.5 Å². The second-order valence-corrected chi connectivity index (χ2v) is 6.23. The molecule has 0 bridgehead atoms. The number of hydrogen-bond acceptors (Lipinski definition) is 7. The summed E-state index contributed by atoms with van der Waals surface area (Å²) < 4.78 is 34.2. The third-order valence-electron chi connectivity index (χ3n) is 4.28. The predicted octanol–water partition coefficient (Wildman–Crippen LogP) is 2.94. The summed E-state index contributed by atoms with van der Waals surface area (Å²) in [5.41, 5.74) is 2.22. The molecule has 0 radical (unpaired) electrons. The number of rotatable bonds is 6. The van der Waals surface area contributed by atoms with E-state index in [1.54, 1.807) is 31.2 Å². The van der Waals surface area contributed by atoms with E-state index in [1.165, 1.54) is 33.9 Å². The first-order valence-electron chi connectivity index (χ1n) is 8.76. The summed E-state index contributed by atoms with van der Waals surface area (Å²) in [4.78, 5) is 0. The Kier molecular flexibility index (Phi) is 5.13. The molecular weight excluding hydrogens is 394 g/mol. The molecule has 0 saturated carbocycles. The van der Waals surface area contributed by atoms with Crippen molar-refractivity contribution in [2.24, 2.45) is 0 Å². The number of nitrogens with zero attached hydrogens (tertiary/aromatic N) is 8. The lowest BCUT2D eigenvalue weighted by Crippen LogP contribution is -2.08. The summed E-state index contributed by atoms with van der Waals surface area (Å²) >= 11 is 0. The van der Waals surface area contributed by atoms with Crippen LogP contribution in [0.3, 0.4) is 0 Å². The fraction of sp³-hybridized carbons (Fsp3) is 0.158. The monoisotopic (exact) mass is 408 g/mol. The Morgan fingerprint density at radius 3 is 2.53 bits per heavy atom. The summed E-state index contributed by atoms with van der Waals surface area (Å²) in [7, 11) is 0. The van der Waals surface area contributed by atoms with Crippen molar-refractivity contribution in [2.45, 2.75) is 20.0 Å². The van der Waals surface area contributed by atoms with Crippen LogP contribution in [0.5, 0.6) is 5.88 Å². The first-order valence-corrected chi connectivity index (χ1v) is 8.76. The highest BCUT2D eigenvalue weighted by Crippen LogP contribution is 2.21. The number of nitriles is 1. The van der Waals surface area contributed by atoms with Crippen LogP contribution < -0.4 is 4.74 Å².